The molecular formula is C52H38N2. The maximum absolute atomic E-state index is 3.36. The minimum Gasteiger partial charge on any atom is -0.361 e. The van der Waals surface area contributed by atoms with Crippen molar-refractivity contribution in [2.45, 2.75) is 12.8 Å². The normalized spacial score (nSPS) is 14.3. The highest BCUT2D eigenvalue weighted by Gasteiger charge is 2.15. The van der Waals surface area contributed by atoms with Gasteiger partial charge in [-0.2, -0.15) is 0 Å². The molecule has 0 saturated heterocycles. The number of benzene rings is 7. The van der Waals surface area contributed by atoms with Gasteiger partial charge in [0.05, 0.1) is 11.0 Å². The number of hydrogen-bond donors (Lipinski definition) is 1. The Balaban J connectivity index is 1.11. The molecule has 0 saturated carbocycles. The zero-order valence-electron chi connectivity index (χ0n) is 29.9. The Morgan fingerprint density at radius 3 is 1.76 bits per heavy atom. The predicted octanol–water partition coefficient (Wildman–Crippen LogP) is 13.9. The molecule has 9 aromatic rings. The van der Waals surface area contributed by atoms with Gasteiger partial charge in [0.2, 0.25) is 0 Å². The Morgan fingerprint density at radius 1 is 0.426 bits per heavy atom. The summed E-state index contributed by atoms with van der Waals surface area (Å²) in [7, 11) is 0. The van der Waals surface area contributed by atoms with Crippen LogP contribution in [0.15, 0.2) is 200 Å². The highest BCUT2D eigenvalue weighted by Crippen LogP contribution is 2.38. The molecule has 1 N–H and O–H groups in total. The third kappa shape index (κ3) is 5.88. The smallest absolute Gasteiger partial charge is 0.0541 e. The first-order valence-corrected chi connectivity index (χ1v) is 18.8. The van der Waals surface area contributed by atoms with Crippen LogP contribution in [0, 0.1) is 0 Å². The fraction of sp³-hybridized carbons (Fsp3) is 0.0385. The van der Waals surface area contributed by atoms with E-state index in [4.69, 9.17) is 0 Å². The fourth-order valence-electron chi connectivity index (χ4n) is 8.15. The van der Waals surface area contributed by atoms with E-state index in [1.165, 1.54) is 82.9 Å². The minimum absolute atomic E-state index is 0.955. The van der Waals surface area contributed by atoms with Crippen molar-refractivity contribution < 1.29 is 0 Å². The Morgan fingerprint density at radius 2 is 1.04 bits per heavy atom. The first kappa shape index (κ1) is 31.8. The van der Waals surface area contributed by atoms with E-state index in [0.29, 0.717) is 0 Å². The lowest BCUT2D eigenvalue weighted by atomic mass is 9.88. The van der Waals surface area contributed by atoms with Crippen molar-refractivity contribution in [2.24, 2.45) is 0 Å². The van der Waals surface area contributed by atoms with Gasteiger partial charge in [-0.25, -0.2) is 0 Å². The van der Waals surface area contributed by atoms with Gasteiger partial charge in [0.15, 0.2) is 0 Å². The van der Waals surface area contributed by atoms with Crippen LogP contribution in [0.4, 0.5) is 0 Å². The Labute approximate surface area is 315 Å². The topological polar surface area (TPSA) is 20.7 Å². The number of hydrogen-bond acceptors (Lipinski definition) is 0. The molecule has 0 fully saturated rings. The molecule has 256 valence electrons. The summed E-state index contributed by atoms with van der Waals surface area (Å²) in [5, 5.41) is 3.76. The maximum Gasteiger partial charge on any atom is 0.0541 e. The van der Waals surface area contributed by atoms with Gasteiger partial charge in [-0.3, -0.25) is 0 Å². The van der Waals surface area contributed by atoms with E-state index in [1.807, 2.05) is 6.20 Å². The van der Waals surface area contributed by atoms with Gasteiger partial charge in [0.25, 0.3) is 0 Å². The van der Waals surface area contributed by atoms with E-state index in [1.54, 1.807) is 0 Å². The summed E-state index contributed by atoms with van der Waals surface area (Å²) in [5.74, 6) is 0. The van der Waals surface area contributed by atoms with Crippen molar-refractivity contribution in [1.82, 2.24) is 9.55 Å². The summed E-state index contributed by atoms with van der Waals surface area (Å²) >= 11 is 0. The highest BCUT2D eigenvalue weighted by atomic mass is 15.0. The number of para-hydroxylation sites is 2. The van der Waals surface area contributed by atoms with Crippen LogP contribution in [-0.2, 0) is 0 Å². The van der Waals surface area contributed by atoms with Crippen LogP contribution in [0.5, 0.6) is 0 Å². The van der Waals surface area contributed by atoms with Crippen molar-refractivity contribution in [3.8, 4) is 27.9 Å². The lowest BCUT2D eigenvalue weighted by Crippen LogP contribution is -1.95. The number of aromatic amines is 1. The minimum atomic E-state index is 0.955. The Kier molecular flexibility index (Phi) is 8.00. The molecule has 2 nitrogen and oxygen atoms in total. The van der Waals surface area contributed by atoms with E-state index in [2.05, 4.69) is 204 Å². The van der Waals surface area contributed by atoms with Crippen LogP contribution >= 0.6 is 0 Å². The Bertz CT molecular complexity index is 2840. The summed E-state index contributed by atoms with van der Waals surface area (Å²) in [4.78, 5) is 3.36. The molecule has 54 heavy (non-hydrogen) atoms. The van der Waals surface area contributed by atoms with Gasteiger partial charge in [-0.05, 0) is 141 Å². The monoisotopic (exact) mass is 690 g/mol. The molecule has 0 aliphatic heterocycles. The third-order valence-corrected chi connectivity index (χ3v) is 10.9. The number of nitrogens with zero attached hydrogens (tertiary/aromatic N) is 1. The van der Waals surface area contributed by atoms with Crippen LogP contribution in [0.25, 0.3) is 77.4 Å². The summed E-state index contributed by atoms with van der Waals surface area (Å²) in [5.41, 5.74) is 17.1. The molecule has 1 aliphatic rings. The van der Waals surface area contributed by atoms with Gasteiger partial charge < -0.3 is 9.55 Å². The zero-order valence-corrected chi connectivity index (χ0v) is 29.9. The summed E-state index contributed by atoms with van der Waals surface area (Å²) in [6.07, 6.45) is 11.2. The number of allylic oxidation sites excluding steroid dienone is 6. The number of H-pyrrole nitrogens is 1. The van der Waals surface area contributed by atoms with Gasteiger partial charge in [-0.15, -0.1) is 0 Å². The molecule has 0 atom stereocenters. The van der Waals surface area contributed by atoms with Gasteiger partial charge in [0.1, 0.15) is 0 Å². The zero-order chi connectivity index (χ0) is 35.8. The van der Waals surface area contributed by atoms with Crippen molar-refractivity contribution in [3.05, 3.63) is 217 Å². The van der Waals surface area contributed by atoms with Crippen LogP contribution in [0.2, 0.25) is 0 Å². The standard InChI is InChI=1S/C52H38N2/c1-3-12-36(13-4-1)39-16-11-17-40(32-43(31-39)37-14-5-2-6-15-37)45-33-44(34-46(35-45)41-24-27-50-42(30-41)28-29-53-50)38-22-25-47(26-23-38)54-51-20-9-7-18-48(51)49-19-8-10-21-52(49)54/h1-10,12-15,17-35,53H,11,16H2/b39-31+,40-17?,43-32?. The van der Waals surface area contributed by atoms with Crippen LogP contribution in [-0.4, -0.2) is 9.55 Å². The van der Waals surface area contributed by atoms with E-state index in [0.717, 1.165) is 24.0 Å². The molecule has 2 aromatic heterocycles. The average molecular weight is 691 g/mol. The molecule has 2 heteroatoms. The van der Waals surface area contributed by atoms with Gasteiger partial charge in [0, 0.05) is 28.2 Å². The molecule has 0 unspecified atom stereocenters. The molecule has 0 radical (unpaired) electrons. The number of aromatic nitrogens is 2. The average Bonchev–Trinajstić information content (AvgIpc) is 3.84. The maximum atomic E-state index is 3.36. The molecule has 7 aromatic carbocycles. The lowest BCUT2D eigenvalue weighted by molar-refractivity contribution is 1.07. The molecule has 0 amide bonds. The number of rotatable bonds is 6. The third-order valence-electron chi connectivity index (χ3n) is 10.9. The molecule has 1 aliphatic carbocycles. The van der Waals surface area contributed by atoms with Crippen LogP contribution < -0.4 is 0 Å². The fourth-order valence-corrected chi connectivity index (χ4v) is 8.15. The lowest BCUT2D eigenvalue weighted by Gasteiger charge is -2.17. The van der Waals surface area contributed by atoms with Crippen molar-refractivity contribution in [1.29, 1.82) is 0 Å². The predicted molar refractivity (Wildman–Crippen MR) is 230 cm³/mol. The highest BCUT2D eigenvalue weighted by molar-refractivity contribution is 6.09. The Hall–Kier alpha value is -6.90. The van der Waals surface area contributed by atoms with Crippen LogP contribution in [0.1, 0.15) is 29.5 Å². The summed E-state index contributed by atoms with van der Waals surface area (Å²) in [6, 6.07) is 64.1. The summed E-state index contributed by atoms with van der Waals surface area (Å²) < 4.78 is 2.38. The largest absolute Gasteiger partial charge is 0.361 e. The quantitative estimate of drug-likeness (QED) is 0.179. The number of nitrogens with one attached hydrogen (secondary N) is 1. The number of fused-ring (bicyclic) bond motifs is 4. The van der Waals surface area contributed by atoms with Crippen LogP contribution in [0.3, 0.4) is 0 Å². The molecule has 0 spiro atoms. The van der Waals surface area contributed by atoms with Crippen molar-refractivity contribution >= 4 is 49.4 Å². The van der Waals surface area contributed by atoms with E-state index >= 15 is 0 Å². The molecule has 2 heterocycles. The first-order chi connectivity index (χ1) is 26.7. The van der Waals surface area contributed by atoms with Gasteiger partial charge >= 0.3 is 0 Å². The second-order valence-electron chi connectivity index (χ2n) is 14.2. The summed E-state index contributed by atoms with van der Waals surface area (Å²) in [6.45, 7) is 0. The molecule has 0 bridgehead atoms. The van der Waals surface area contributed by atoms with Gasteiger partial charge in [-0.1, -0.05) is 127 Å². The first-order valence-electron chi connectivity index (χ1n) is 18.8. The van der Waals surface area contributed by atoms with Crippen molar-refractivity contribution in [2.75, 3.05) is 0 Å². The van der Waals surface area contributed by atoms with E-state index < -0.39 is 0 Å². The molecule has 10 rings (SSSR count). The molecular weight excluding hydrogens is 653 g/mol. The SMILES string of the molecule is C1=C(c2cc(-c3ccc(-n4c5ccccc5c5ccccc54)cc3)cc(-c3ccc4[nH]ccc4c3)c2)C=C(c2ccccc2)/C=C(/c2ccccc2)CC1. The van der Waals surface area contributed by atoms with E-state index in [9.17, 15) is 0 Å². The van der Waals surface area contributed by atoms with Crippen molar-refractivity contribution in [3.63, 3.8) is 0 Å². The van der Waals surface area contributed by atoms with E-state index in [-0.39, 0.29) is 0 Å². The second kappa shape index (κ2) is 13.6. The second-order valence-corrected chi connectivity index (χ2v) is 14.2.